The van der Waals surface area contributed by atoms with Gasteiger partial charge in [-0.1, -0.05) is 0 Å². The summed E-state index contributed by atoms with van der Waals surface area (Å²) in [6, 6.07) is 0. The van der Waals surface area contributed by atoms with Crippen molar-refractivity contribution in [2.24, 2.45) is 7.05 Å². The molecule has 0 spiro atoms. The van der Waals surface area contributed by atoms with Crippen molar-refractivity contribution in [2.45, 2.75) is 26.0 Å². The molecule has 3 heterocycles. The van der Waals surface area contributed by atoms with Crippen LogP contribution in [-0.2, 0) is 23.9 Å². The van der Waals surface area contributed by atoms with E-state index in [0.29, 0.717) is 0 Å². The Morgan fingerprint density at radius 2 is 2.22 bits per heavy atom. The zero-order valence-electron chi connectivity index (χ0n) is 14.5. The highest BCUT2D eigenvalue weighted by Gasteiger charge is 2.35. The third-order valence-electron chi connectivity index (χ3n) is 4.30. The monoisotopic (exact) mass is 335 g/mol. The van der Waals surface area contributed by atoms with Gasteiger partial charge in [-0.25, -0.2) is 4.98 Å². The Morgan fingerprint density at radius 1 is 1.43 bits per heavy atom. The van der Waals surface area contributed by atoms with Crippen molar-refractivity contribution in [1.29, 1.82) is 0 Å². The van der Waals surface area contributed by atoms with Crippen LogP contribution in [0.3, 0.4) is 0 Å². The molecule has 1 fully saturated rings. The van der Waals surface area contributed by atoms with E-state index in [1.54, 1.807) is 11.3 Å². The second-order valence-electron chi connectivity index (χ2n) is 6.59. The van der Waals surface area contributed by atoms with Gasteiger partial charge in [0.15, 0.2) is 5.13 Å². The molecule has 126 valence electrons. The highest BCUT2D eigenvalue weighted by atomic mass is 32.1. The molecule has 0 radical (unpaired) electrons. The van der Waals surface area contributed by atoms with E-state index >= 15 is 0 Å². The summed E-state index contributed by atoms with van der Waals surface area (Å²) in [6.07, 6.45) is 3.96. The molecule has 0 aliphatic carbocycles. The summed E-state index contributed by atoms with van der Waals surface area (Å²) in [6.45, 7) is 7.73. The van der Waals surface area contributed by atoms with E-state index in [1.165, 1.54) is 4.88 Å². The average Bonchev–Trinajstić information content (AvgIpc) is 3.07. The third kappa shape index (κ3) is 3.41. The summed E-state index contributed by atoms with van der Waals surface area (Å²) >= 11 is 1.78. The van der Waals surface area contributed by atoms with Crippen molar-refractivity contribution >= 4 is 16.5 Å². The first-order valence-corrected chi connectivity index (χ1v) is 8.68. The van der Waals surface area contributed by atoms with Crippen molar-refractivity contribution in [1.82, 2.24) is 19.7 Å². The SMILES string of the molecule is Cc1nc(N(C)C)sc1CN1CCO[C@@](C)(c2cnn(C)c2)C1. The molecule has 2 aromatic rings. The Hall–Kier alpha value is -1.44. The lowest BCUT2D eigenvalue weighted by molar-refractivity contribution is -0.105. The van der Waals surface area contributed by atoms with Gasteiger partial charge < -0.3 is 9.64 Å². The molecule has 0 N–H and O–H groups in total. The van der Waals surface area contributed by atoms with Crippen LogP contribution >= 0.6 is 11.3 Å². The van der Waals surface area contributed by atoms with Crippen LogP contribution in [-0.4, -0.2) is 53.5 Å². The molecule has 1 aliphatic rings. The first-order chi connectivity index (χ1) is 10.9. The lowest BCUT2D eigenvalue weighted by Crippen LogP contribution is -2.47. The molecular weight excluding hydrogens is 310 g/mol. The van der Waals surface area contributed by atoms with Gasteiger partial charge in [0.25, 0.3) is 0 Å². The Labute approximate surface area is 141 Å². The molecule has 7 heteroatoms. The zero-order valence-corrected chi connectivity index (χ0v) is 15.4. The molecule has 6 nitrogen and oxygen atoms in total. The van der Waals surface area contributed by atoms with Gasteiger partial charge in [-0.05, 0) is 13.8 Å². The number of morpholine rings is 1. The minimum absolute atomic E-state index is 0.296. The van der Waals surface area contributed by atoms with Crippen LogP contribution in [0.1, 0.15) is 23.1 Å². The maximum absolute atomic E-state index is 6.09. The molecule has 2 aromatic heterocycles. The number of thiazole rings is 1. The summed E-state index contributed by atoms with van der Waals surface area (Å²) in [5.41, 5.74) is 1.98. The number of hydrogen-bond donors (Lipinski definition) is 0. The van der Waals surface area contributed by atoms with Crippen molar-refractivity contribution in [3.05, 3.63) is 28.5 Å². The predicted molar refractivity (Wildman–Crippen MR) is 93.0 cm³/mol. The first-order valence-electron chi connectivity index (χ1n) is 7.86. The first kappa shape index (κ1) is 16.4. The largest absolute Gasteiger partial charge is 0.368 e. The molecule has 23 heavy (non-hydrogen) atoms. The van der Waals surface area contributed by atoms with Gasteiger partial charge in [0.05, 0.1) is 18.5 Å². The summed E-state index contributed by atoms with van der Waals surface area (Å²) in [5.74, 6) is 0. The summed E-state index contributed by atoms with van der Waals surface area (Å²) < 4.78 is 7.92. The van der Waals surface area contributed by atoms with E-state index in [-0.39, 0.29) is 5.60 Å². The molecule has 1 saturated heterocycles. The minimum Gasteiger partial charge on any atom is -0.368 e. The second kappa shape index (κ2) is 6.22. The lowest BCUT2D eigenvalue weighted by Gasteiger charge is -2.40. The number of rotatable bonds is 4. The van der Waals surface area contributed by atoms with Crippen LogP contribution in [0.5, 0.6) is 0 Å². The quantitative estimate of drug-likeness (QED) is 0.855. The van der Waals surface area contributed by atoms with Crippen LogP contribution in [0.25, 0.3) is 0 Å². The van der Waals surface area contributed by atoms with Gasteiger partial charge in [0.1, 0.15) is 5.60 Å². The Morgan fingerprint density at radius 3 is 2.83 bits per heavy atom. The van der Waals surface area contributed by atoms with Gasteiger partial charge in [-0.2, -0.15) is 5.10 Å². The third-order valence-corrected chi connectivity index (χ3v) is 5.61. The average molecular weight is 335 g/mol. The highest BCUT2D eigenvalue weighted by molar-refractivity contribution is 7.15. The number of nitrogens with zero attached hydrogens (tertiary/aromatic N) is 5. The van der Waals surface area contributed by atoms with Crippen molar-refractivity contribution in [3.8, 4) is 0 Å². The van der Waals surface area contributed by atoms with Gasteiger partial charge >= 0.3 is 0 Å². The van der Waals surface area contributed by atoms with Crippen molar-refractivity contribution in [2.75, 3.05) is 38.7 Å². The summed E-state index contributed by atoms with van der Waals surface area (Å²) in [5, 5.41) is 5.36. The van der Waals surface area contributed by atoms with Gasteiger partial charge in [-0.3, -0.25) is 9.58 Å². The van der Waals surface area contributed by atoms with Crippen molar-refractivity contribution in [3.63, 3.8) is 0 Å². The number of aromatic nitrogens is 3. The minimum atomic E-state index is -0.296. The number of hydrogen-bond acceptors (Lipinski definition) is 6. The van der Waals surface area contributed by atoms with E-state index in [9.17, 15) is 0 Å². The topological polar surface area (TPSA) is 46.4 Å². The van der Waals surface area contributed by atoms with E-state index in [2.05, 4.69) is 33.7 Å². The molecule has 0 bridgehead atoms. The van der Waals surface area contributed by atoms with Crippen molar-refractivity contribution < 1.29 is 4.74 Å². The van der Waals surface area contributed by atoms with E-state index in [1.807, 2.05) is 38.2 Å². The highest BCUT2D eigenvalue weighted by Crippen LogP contribution is 2.31. The van der Waals surface area contributed by atoms with E-state index in [0.717, 1.165) is 42.6 Å². The van der Waals surface area contributed by atoms with Crippen LogP contribution < -0.4 is 4.90 Å². The van der Waals surface area contributed by atoms with E-state index < -0.39 is 0 Å². The zero-order chi connectivity index (χ0) is 16.6. The molecule has 1 atom stereocenters. The summed E-state index contributed by atoms with van der Waals surface area (Å²) in [7, 11) is 6.02. The molecule has 0 unspecified atom stereocenters. The Kier molecular flexibility index (Phi) is 4.44. The lowest BCUT2D eigenvalue weighted by atomic mass is 9.97. The number of aryl methyl sites for hydroxylation is 2. The van der Waals surface area contributed by atoms with Gasteiger partial charge in [0.2, 0.25) is 0 Å². The standard InChI is InChI=1S/C16H25N5OS/c1-12-14(23-15(18-12)19(3)4)10-21-6-7-22-16(2,11-21)13-8-17-20(5)9-13/h8-9H,6-7,10-11H2,1-5H3/t16-/m1/s1. The molecule has 1 aliphatic heterocycles. The Balaban J connectivity index is 1.74. The van der Waals surface area contributed by atoms with Gasteiger partial charge in [-0.15, -0.1) is 11.3 Å². The molecule has 0 saturated carbocycles. The number of ether oxygens (including phenoxy) is 1. The van der Waals surface area contributed by atoms with Crippen LogP contribution in [0, 0.1) is 6.92 Å². The van der Waals surface area contributed by atoms with E-state index in [4.69, 9.17) is 4.74 Å². The summed E-state index contributed by atoms with van der Waals surface area (Å²) in [4.78, 5) is 10.5. The fraction of sp³-hybridized carbons (Fsp3) is 0.625. The maximum Gasteiger partial charge on any atom is 0.185 e. The molecule has 0 amide bonds. The normalized spacial score (nSPS) is 22.5. The molecule has 3 rings (SSSR count). The fourth-order valence-electron chi connectivity index (χ4n) is 2.91. The maximum atomic E-state index is 6.09. The predicted octanol–water partition coefficient (Wildman–Crippen LogP) is 2.00. The Bertz CT molecular complexity index is 680. The van der Waals surface area contributed by atoms with Crippen LogP contribution in [0.4, 0.5) is 5.13 Å². The fourth-order valence-corrected chi connectivity index (χ4v) is 3.94. The molecular formula is C16H25N5OS. The second-order valence-corrected chi connectivity index (χ2v) is 7.65. The number of anilines is 1. The smallest absolute Gasteiger partial charge is 0.185 e. The van der Waals surface area contributed by atoms with Crippen LogP contribution in [0.15, 0.2) is 12.4 Å². The van der Waals surface area contributed by atoms with Crippen LogP contribution in [0.2, 0.25) is 0 Å². The molecule has 0 aromatic carbocycles. The van der Waals surface area contributed by atoms with Gasteiger partial charge in [0, 0.05) is 57.4 Å².